The third-order valence-corrected chi connectivity index (χ3v) is 27.1. The minimum absolute atomic E-state index is 0. The van der Waals surface area contributed by atoms with E-state index >= 15 is 0 Å². The Bertz CT molecular complexity index is 8870. The van der Waals surface area contributed by atoms with Crippen molar-refractivity contribution in [3.8, 4) is 169 Å². The minimum atomic E-state index is 0. The molecular weight excluding hydrogens is 2140 g/mol. The molecule has 12 heteroatoms. The number of pyridine rings is 2. The maximum atomic E-state index is 6.60. The Labute approximate surface area is 875 Å². The van der Waals surface area contributed by atoms with E-state index in [9.17, 15) is 0 Å². The van der Waals surface area contributed by atoms with E-state index < -0.39 is 0 Å². The van der Waals surface area contributed by atoms with Gasteiger partial charge in [0, 0.05) is 110 Å². The van der Waals surface area contributed by atoms with Crippen LogP contribution in [0, 0.1) is 50.8 Å². The second-order valence-electron chi connectivity index (χ2n) is 36.0. The standard InChI is InChI=1S/C73H49N3O.C61H39N5O.2Pt/c1-51-40-70(74-49-69(51)56-30-15-6-16-31-56)57-32-19-34-65(47-57)77-66-35-20-33-64(48-66)75-50-76(72-39-18-17-38-71(72)75)73-67(62-43-58(52-22-7-2-8-23-52)41-59(44-62)53-24-9-3-10-25-53)36-21-37-68(73)63-45-60(54-26-11-4-12-27-54)42-61(46-63)55-28-13-5-14-29-55;1-41-36-52(62-39-51(41)42-18-3-2-4-19-42)43-20-15-22-45(37-43)67-46-23-16-21-44(38-46)63-40-64(58-33-14-13-32-57(58)63)61-59(65-53-28-9-5-24-47(53)48-25-6-10-29-54(48)65)34-17-35-60(61)66-55-30-11-7-26-49(55)50-27-8-12-31-56(50)66;;/h2-46,49H,1H3;2-36,39H,1H3;;/q2*-2;;. The summed E-state index contributed by atoms with van der Waals surface area (Å²) in [7, 11) is 0. The van der Waals surface area contributed by atoms with Gasteiger partial charge in [0.2, 0.25) is 0 Å². The quantitative estimate of drug-likeness (QED) is 0.0563. The van der Waals surface area contributed by atoms with E-state index in [1.54, 1.807) is 0 Å². The summed E-state index contributed by atoms with van der Waals surface area (Å²) in [4.78, 5) is 9.70. The number of para-hydroxylation sites is 10. The second-order valence-corrected chi connectivity index (χ2v) is 36.0. The molecule has 146 heavy (non-hydrogen) atoms. The molecule has 0 unspecified atom stereocenters. The zero-order valence-electron chi connectivity index (χ0n) is 79.4. The minimum Gasteiger partial charge on any atom is -0.503 e. The van der Waals surface area contributed by atoms with Crippen molar-refractivity contribution in [2.24, 2.45) is 0 Å². The maximum Gasteiger partial charge on any atom is 0.268 e. The summed E-state index contributed by atoms with van der Waals surface area (Å²) in [6.45, 7) is 4.24. The zero-order valence-corrected chi connectivity index (χ0v) is 83.9. The Morgan fingerprint density at radius 3 is 0.856 bits per heavy atom. The molecule has 0 aliphatic heterocycles. The van der Waals surface area contributed by atoms with Crippen LogP contribution in [0.1, 0.15) is 11.1 Å². The van der Waals surface area contributed by atoms with Gasteiger partial charge < -0.3 is 37.7 Å². The number of nitrogens with zero attached hydrogens (tertiary/aromatic N) is 8. The number of hydrogen-bond donors (Lipinski definition) is 0. The van der Waals surface area contributed by atoms with E-state index in [1.807, 2.05) is 91.3 Å². The summed E-state index contributed by atoms with van der Waals surface area (Å²) in [5.41, 5.74) is 37.5. The zero-order chi connectivity index (χ0) is 95.9. The molecule has 6 heterocycles. The number of ether oxygens (including phenoxy) is 2. The first-order chi connectivity index (χ1) is 71.2. The molecule has 0 saturated heterocycles. The Morgan fingerprint density at radius 2 is 0.507 bits per heavy atom. The van der Waals surface area contributed by atoms with Crippen LogP contribution in [0.15, 0.2) is 498 Å². The van der Waals surface area contributed by atoms with Gasteiger partial charge in [0.15, 0.2) is 0 Å². The predicted molar refractivity (Wildman–Crippen MR) is 584 cm³/mol. The molecule has 0 spiro atoms. The number of imidazole rings is 2. The number of hydrogen-bond acceptors (Lipinski definition) is 4. The Balaban J connectivity index is 0.000000160. The summed E-state index contributed by atoms with van der Waals surface area (Å²) in [6.07, 6.45) is 11.7. The Morgan fingerprint density at radius 1 is 0.226 bits per heavy atom. The fraction of sp³-hybridized carbons (Fsp3) is 0.0149. The molecule has 0 aliphatic rings. The number of aromatic nitrogens is 8. The number of fused-ring (bicyclic) bond motifs is 8. The molecule has 0 saturated carbocycles. The molecule has 26 aromatic rings. The first kappa shape index (κ1) is 92.0. The molecule has 0 radical (unpaired) electrons. The van der Waals surface area contributed by atoms with E-state index in [1.165, 1.54) is 21.5 Å². The molecule has 0 atom stereocenters. The van der Waals surface area contributed by atoms with Gasteiger partial charge in [0.1, 0.15) is 5.69 Å². The first-order valence-corrected chi connectivity index (χ1v) is 48.4. The van der Waals surface area contributed by atoms with Crippen molar-refractivity contribution in [3.63, 3.8) is 0 Å². The van der Waals surface area contributed by atoms with Crippen molar-refractivity contribution in [3.05, 3.63) is 546 Å². The number of rotatable bonds is 20. The van der Waals surface area contributed by atoms with Crippen molar-refractivity contribution in [1.29, 1.82) is 0 Å². The van der Waals surface area contributed by atoms with Crippen LogP contribution < -0.4 is 18.6 Å². The predicted octanol–water partition coefficient (Wildman–Crippen LogP) is 32.5. The summed E-state index contributed by atoms with van der Waals surface area (Å²) >= 11 is 0. The van der Waals surface area contributed by atoms with Crippen molar-refractivity contribution in [1.82, 2.24) is 28.2 Å². The summed E-state index contributed by atoms with van der Waals surface area (Å²) in [5.74, 6) is 2.25. The molecule has 20 aromatic carbocycles. The number of benzene rings is 20. The van der Waals surface area contributed by atoms with Crippen LogP contribution in [0.25, 0.3) is 211 Å². The van der Waals surface area contributed by atoms with E-state index in [0.717, 1.165) is 201 Å². The second kappa shape index (κ2) is 40.3. The van der Waals surface area contributed by atoms with Crippen molar-refractivity contribution < 1.29 is 60.7 Å². The molecule has 0 N–H and O–H groups in total. The average Bonchev–Trinajstić information content (AvgIpc) is 1.56. The van der Waals surface area contributed by atoms with Crippen molar-refractivity contribution in [2.45, 2.75) is 13.8 Å². The summed E-state index contributed by atoms with van der Waals surface area (Å²) < 4.78 is 26.6. The Kier molecular flexibility index (Phi) is 25.4. The van der Waals surface area contributed by atoms with Crippen molar-refractivity contribution in [2.75, 3.05) is 0 Å². The third kappa shape index (κ3) is 17.7. The average molecular weight is 2230 g/mol. The van der Waals surface area contributed by atoms with Gasteiger partial charge in [-0.25, -0.2) is 0 Å². The van der Waals surface area contributed by atoms with Gasteiger partial charge in [-0.05, 0) is 198 Å². The van der Waals surface area contributed by atoms with Crippen LogP contribution >= 0.6 is 0 Å². The Hall–Kier alpha value is -17.8. The molecule has 10 nitrogen and oxygen atoms in total. The van der Waals surface area contributed by atoms with Gasteiger partial charge in [-0.2, -0.15) is 24.3 Å². The monoisotopic (exact) mass is 2230 g/mol. The van der Waals surface area contributed by atoms with Crippen LogP contribution in [0.5, 0.6) is 23.0 Å². The van der Waals surface area contributed by atoms with Gasteiger partial charge in [-0.3, -0.25) is 9.13 Å². The third-order valence-electron chi connectivity index (χ3n) is 27.1. The molecule has 700 valence electrons. The topological polar surface area (TPSA) is 71.7 Å². The van der Waals surface area contributed by atoms with Crippen LogP contribution in [0.4, 0.5) is 0 Å². The molecule has 0 fully saturated rings. The largest absolute Gasteiger partial charge is 0.503 e. The molecule has 0 aliphatic carbocycles. The summed E-state index contributed by atoms with van der Waals surface area (Å²) in [5, 5.41) is 4.79. The van der Waals surface area contributed by atoms with Gasteiger partial charge in [0.05, 0.1) is 61.2 Å². The van der Waals surface area contributed by atoms with Crippen LogP contribution in [-0.2, 0) is 42.1 Å². The van der Waals surface area contributed by atoms with E-state index in [0.29, 0.717) is 23.0 Å². The van der Waals surface area contributed by atoms with Crippen molar-refractivity contribution >= 4 is 65.7 Å². The molecule has 26 rings (SSSR count). The molecule has 0 bridgehead atoms. The van der Waals surface area contributed by atoms with Gasteiger partial charge >= 0.3 is 0 Å². The van der Waals surface area contributed by atoms with E-state index in [2.05, 4.69) is 485 Å². The molecular formula is C134H88N8O2Pt2-4. The van der Waals surface area contributed by atoms with E-state index in [4.69, 9.17) is 19.4 Å². The number of aryl methyl sites for hydroxylation is 2. The summed E-state index contributed by atoms with van der Waals surface area (Å²) in [6, 6.07) is 185. The smallest absolute Gasteiger partial charge is 0.268 e. The van der Waals surface area contributed by atoms with Crippen LogP contribution in [0.2, 0.25) is 0 Å². The SMILES string of the molecule is Cc1cc(-c2[c-]c(Oc3[c-]c(-n4[c-][n+](-c5c(-c6cc(-c7ccccc7)cc(-c7ccccc7)c6)cccc5-c5cc(-c6ccccc6)cc(-c6ccccc6)c5)c5ccccc54)ccc3)ccc2)ncc1-c1ccccc1.Cc1cc(-c2[c-]c(Oc3[c-]c(-n4[c-][n+](-c5c(-n6c7ccccc7c7ccccc76)cccc5-n5c6ccccc6c6ccccc65)c5ccccc54)ccc3)ccc2)ncc1-c1ccccc1.[Pt].[Pt]. The van der Waals surface area contributed by atoms with Gasteiger partial charge in [-0.15, -0.1) is 71.8 Å². The van der Waals surface area contributed by atoms with Crippen LogP contribution in [-0.4, -0.2) is 28.2 Å². The molecule has 6 aromatic heterocycles. The fourth-order valence-electron chi connectivity index (χ4n) is 20.3. The maximum absolute atomic E-state index is 6.60. The van der Waals surface area contributed by atoms with E-state index in [-0.39, 0.29) is 42.1 Å². The van der Waals surface area contributed by atoms with Gasteiger partial charge in [0.25, 0.3) is 12.7 Å². The molecule has 0 amide bonds. The van der Waals surface area contributed by atoms with Gasteiger partial charge in [-0.1, -0.05) is 352 Å². The van der Waals surface area contributed by atoms with Crippen LogP contribution in [0.3, 0.4) is 0 Å². The first-order valence-electron chi connectivity index (χ1n) is 48.4. The fourth-order valence-corrected chi connectivity index (χ4v) is 20.3. The normalized spacial score (nSPS) is 11.2.